The molecule has 0 aliphatic carbocycles. The van der Waals surface area contributed by atoms with Crippen LogP contribution in [0.5, 0.6) is 0 Å². The first-order valence-corrected chi connectivity index (χ1v) is 8.83. The van der Waals surface area contributed by atoms with Gasteiger partial charge in [0.05, 0.1) is 18.8 Å². The van der Waals surface area contributed by atoms with Crippen LogP contribution in [0.1, 0.15) is 22.0 Å². The number of esters is 1. The molecule has 2 aromatic rings. The molecule has 1 atom stereocenters. The Kier molecular flexibility index (Phi) is 5.83. The second kappa shape index (κ2) is 8.27. The van der Waals surface area contributed by atoms with Gasteiger partial charge in [0.15, 0.2) is 0 Å². The van der Waals surface area contributed by atoms with Crippen LogP contribution in [0.25, 0.3) is 0 Å². The van der Waals surface area contributed by atoms with Gasteiger partial charge in [0.1, 0.15) is 0 Å². The maximum atomic E-state index is 12.9. The summed E-state index contributed by atoms with van der Waals surface area (Å²) in [6, 6.07) is 16.1. The first-order valence-electron chi connectivity index (χ1n) is 8.04. The maximum Gasteiger partial charge on any atom is 0.340 e. The molecule has 1 aliphatic heterocycles. The number of rotatable bonds is 4. The van der Waals surface area contributed by atoms with Gasteiger partial charge in [0.2, 0.25) is 6.10 Å². The summed E-state index contributed by atoms with van der Waals surface area (Å²) in [5, 5.41) is 0. The van der Waals surface area contributed by atoms with E-state index in [0.717, 1.165) is 0 Å². The zero-order valence-corrected chi connectivity index (χ0v) is 15.1. The molecular weight excluding hydrogens is 386 g/mol. The Hall–Kier alpha value is -2.18. The highest BCUT2D eigenvalue weighted by atomic mass is 79.9. The van der Waals surface area contributed by atoms with Crippen LogP contribution >= 0.6 is 15.9 Å². The molecule has 6 heteroatoms. The molecule has 0 unspecified atom stereocenters. The lowest BCUT2D eigenvalue weighted by Gasteiger charge is -2.30. The zero-order chi connectivity index (χ0) is 17.6. The minimum Gasteiger partial charge on any atom is -0.444 e. The van der Waals surface area contributed by atoms with Crippen molar-refractivity contribution in [1.29, 1.82) is 0 Å². The lowest BCUT2D eigenvalue weighted by molar-refractivity contribution is -0.145. The molecule has 0 saturated carbocycles. The van der Waals surface area contributed by atoms with Gasteiger partial charge >= 0.3 is 5.97 Å². The number of carbonyl (C=O) groups is 2. The molecular formula is C19H18BrNO4. The van der Waals surface area contributed by atoms with E-state index >= 15 is 0 Å². The SMILES string of the molecule is O=C(O[C@@H](C(=O)N1CCOCC1)c1ccccc1)c1ccccc1Br. The second-order valence-electron chi connectivity index (χ2n) is 5.61. The summed E-state index contributed by atoms with van der Waals surface area (Å²) in [7, 11) is 0. The second-order valence-corrected chi connectivity index (χ2v) is 6.47. The molecule has 2 aromatic carbocycles. The van der Waals surface area contributed by atoms with E-state index in [1.54, 1.807) is 35.2 Å². The molecule has 0 aromatic heterocycles. The number of hydrogen-bond donors (Lipinski definition) is 0. The van der Waals surface area contributed by atoms with Crippen molar-refractivity contribution >= 4 is 27.8 Å². The predicted octanol–water partition coefficient (Wildman–Crippen LogP) is 3.21. The van der Waals surface area contributed by atoms with Crippen molar-refractivity contribution in [2.45, 2.75) is 6.10 Å². The molecule has 1 saturated heterocycles. The van der Waals surface area contributed by atoms with Crippen LogP contribution in [0.4, 0.5) is 0 Å². The summed E-state index contributed by atoms with van der Waals surface area (Å²) in [4.78, 5) is 27.2. The number of morpholine rings is 1. The molecule has 0 spiro atoms. The van der Waals surface area contributed by atoms with E-state index in [9.17, 15) is 9.59 Å². The fourth-order valence-corrected chi connectivity index (χ4v) is 3.08. The summed E-state index contributed by atoms with van der Waals surface area (Å²) in [5.41, 5.74) is 1.04. The van der Waals surface area contributed by atoms with Crippen LogP contribution in [0.2, 0.25) is 0 Å². The van der Waals surface area contributed by atoms with Gasteiger partial charge in [-0.1, -0.05) is 42.5 Å². The summed E-state index contributed by atoms with van der Waals surface area (Å²) < 4.78 is 11.5. The summed E-state index contributed by atoms with van der Waals surface area (Å²) in [5.74, 6) is -0.766. The van der Waals surface area contributed by atoms with Crippen molar-refractivity contribution in [2.75, 3.05) is 26.3 Å². The van der Waals surface area contributed by atoms with E-state index in [-0.39, 0.29) is 5.91 Å². The van der Waals surface area contributed by atoms with Crippen LogP contribution in [0.15, 0.2) is 59.1 Å². The first-order chi connectivity index (χ1) is 12.2. The van der Waals surface area contributed by atoms with E-state index in [1.165, 1.54) is 0 Å². The third kappa shape index (κ3) is 4.27. The minimum atomic E-state index is -0.973. The van der Waals surface area contributed by atoms with Crippen molar-refractivity contribution in [3.63, 3.8) is 0 Å². The van der Waals surface area contributed by atoms with Crippen molar-refractivity contribution < 1.29 is 19.1 Å². The minimum absolute atomic E-state index is 0.227. The van der Waals surface area contributed by atoms with Crippen molar-refractivity contribution in [1.82, 2.24) is 4.90 Å². The Morgan fingerprint density at radius 3 is 2.32 bits per heavy atom. The van der Waals surface area contributed by atoms with Gasteiger partial charge in [-0.15, -0.1) is 0 Å². The Bertz CT molecular complexity index is 744. The molecule has 1 amide bonds. The lowest BCUT2D eigenvalue weighted by atomic mass is 10.1. The number of carbonyl (C=O) groups excluding carboxylic acids is 2. The molecule has 1 heterocycles. The number of nitrogens with zero attached hydrogens (tertiary/aromatic N) is 1. The number of halogens is 1. The molecule has 1 fully saturated rings. The van der Waals surface area contributed by atoms with Crippen LogP contribution in [-0.4, -0.2) is 43.1 Å². The molecule has 5 nitrogen and oxygen atoms in total. The third-order valence-electron chi connectivity index (χ3n) is 3.97. The quantitative estimate of drug-likeness (QED) is 0.735. The predicted molar refractivity (Wildman–Crippen MR) is 96.1 cm³/mol. The molecule has 3 rings (SSSR count). The highest BCUT2D eigenvalue weighted by molar-refractivity contribution is 9.10. The van der Waals surface area contributed by atoms with Gasteiger partial charge in [-0.2, -0.15) is 0 Å². The number of amides is 1. The van der Waals surface area contributed by atoms with Crippen LogP contribution in [0, 0.1) is 0 Å². The van der Waals surface area contributed by atoms with Crippen molar-refractivity contribution in [3.8, 4) is 0 Å². The molecule has 0 radical (unpaired) electrons. The van der Waals surface area contributed by atoms with Crippen molar-refractivity contribution in [3.05, 3.63) is 70.2 Å². The lowest BCUT2D eigenvalue weighted by Crippen LogP contribution is -2.44. The fourth-order valence-electron chi connectivity index (χ4n) is 2.64. The highest BCUT2D eigenvalue weighted by Gasteiger charge is 2.31. The fraction of sp³-hybridized carbons (Fsp3) is 0.263. The van der Waals surface area contributed by atoms with Crippen molar-refractivity contribution in [2.24, 2.45) is 0 Å². The van der Waals surface area contributed by atoms with Crippen LogP contribution < -0.4 is 0 Å². The van der Waals surface area contributed by atoms with E-state index < -0.39 is 12.1 Å². The Balaban J connectivity index is 1.85. The van der Waals surface area contributed by atoms with Gasteiger partial charge in [-0.05, 0) is 28.1 Å². The smallest absolute Gasteiger partial charge is 0.340 e. The van der Waals surface area contributed by atoms with Crippen LogP contribution in [0.3, 0.4) is 0 Å². The molecule has 130 valence electrons. The molecule has 25 heavy (non-hydrogen) atoms. The van der Waals surface area contributed by atoms with Gasteiger partial charge in [0, 0.05) is 23.1 Å². The Labute approximate surface area is 154 Å². The molecule has 0 bridgehead atoms. The van der Waals surface area contributed by atoms with Crippen LogP contribution in [-0.2, 0) is 14.3 Å². The normalized spacial score (nSPS) is 15.5. The van der Waals surface area contributed by atoms with Gasteiger partial charge in [-0.3, -0.25) is 4.79 Å². The van der Waals surface area contributed by atoms with E-state index in [0.29, 0.717) is 41.9 Å². The van der Waals surface area contributed by atoms with E-state index in [1.807, 2.05) is 24.3 Å². The Morgan fingerprint density at radius 1 is 1.00 bits per heavy atom. The monoisotopic (exact) mass is 403 g/mol. The largest absolute Gasteiger partial charge is 0.444 e. The maximum absolute atomic E-state index is 12.9. The average molecular weight is 404 g/mol. The number of hydrogen-bond acceptors (Lipinski definition) is 4. The first kappa shape index (κ1) is 17.6. The van der Waals surface area contributed by atoms with E-state index in [2.05, 4.69) is 15.9 Å². The third-order valence-corrected chi connectivity index (χ3v) is 4.66. The van der Waals surface area contributed by atoms with Gasteiger partial charge in [0.25, 0.3) is 5.91 Å². The Morgan fingerprint density at radius 2 is 1.64 bits per heavy atom. The summed E-state index contributed by atoms with van der Waals surface area (Å²) >= 11 is 3.34. The number of benzene rings is 2. The number of ether oxygens (including phenoxy) is 2. The summed E-state index contributed by atoms with van der Waals surface area (Å²) in [6.07, 6.45) is -0.973. The van der Waals surface area contributed by atoms with E-state index in [4.69, 9.17) is 9.47 Å². The average Bonchev–Trinajstić information content (AvgIpc) is 2.67. The molecule has 0 N–H and O–H groups in total. The standard InChI is InChI=1S/C19H18BrNO4/c20-16-9-5-4-8-15(16)19(23)25-17(14-6-2-1-3-7-14)18(22)21-10-12-24-13-11-21/h1-9,17H,10-13H2/t17-/m1/s1. The summed E-state index contributed by atoms with van der Waals surface area (Å²) in [6.45, 7) is 1.97. The zero-order valence-electron chi connectivity index (χ0n) is 13.6. The topological polar surface area (TPSA) is 55.8 Å². The molecule has 1 aliphatic rings. The van der Waals surface area contributed by atoms with Gasteiger partial charge in [-0.25, -0.2) is 4.79 Å². The van der Waals surface area contributed by atoms with Gasteiger partial charge < -0.3 is 14.4 Å². The highest BCUT2D eigenvalue weighted by Crippen LogP contribution is 2.25.